The minimum atomic E-state index is 0.0337. The number of aromatic nitrogens is 2. The van der Waals surface area contributed by atoms with Crippen LogP contribution in [-0.4, -0.2) is 35.1 Å². The summed E-state index contributed by atoms with van der Waals surface area (Å²) >= 11 is 0. The fourth-order valence-corrected chi connectivity index (χ4v) is 3.65. The van der Waals surface area contributed by atoms with E-state index in [4.69, 9.17) is 4.74 Å². The maximum atomic E-state index is 6.05. The van der Waals surface area contributed by atoms with Crippen LogP contribution in [0.15, 0.2) is 12.3 Å². The number of ether oxygens (including phenoxy) is 1. The number of methoxy groups -OCH3 is 1. The molecule has 0 amide bonds. The van der Waals surface area contributed by atoms with Gasteiger partial charge < -0.3 is 10.1 Å². The van der Waals surface area contributed by atoms with Crippen molar-refractivity contribution in [2.24, 2.45) is 7.05 Å². The molecule has 0 aromatic carbocycles. The van der Waals surface area contributed by atoms with E-state index < -0.39 is 0 Å². The van der Waals surface area contributed by atoms with Crippen molar-refractivity contribution < 1.29 is 4.74 Å². The van der Waals surface area contributed by atoms with E-state index in [2.05, 4.69) is 23.4 Å². The number of nitrogens with one attached hydrogen (secondary N) is 1. The number of nitrogens with zero attached hydrogens (tertiary/aromatic N) is 2. The fraction of sp³-hybridized carbons (Fsp3) is 0.824. The van der Waals surface area contributed by atoms with Crippen molar-refractivity contribution >= 4 is 0 Å². The average molecular weight is 293 g/mol. The molecule has 1 atom stereocenters. The first kappa shape index (κ1) is 16.5. The summed E-state index contributed by atoms with van der Waals surface area (Å²) in [6.07, 6.45) is 11.6. The van der Waals surface area contributed by atoms with Crippen LogP contribution in [0.25, 0.3) is 0 Å². The molecule has 0 bridgehead atoms. The van der Waals surface area contributed by atoms with Crippen LogP contribution in [-0.2, 0) is 18.2 Å². The van der Waals surface area contributed by atoms with Gasteiger partial charge in [0.05, 0.1) is 5.60 Å². The van der Waals surface area contributed by atoms with E-state index in [1.807, 2.05) is 25.0 Å². The van der Waals surface area contributed by atoms with Crippen LogP contribution in [0, 0.1) is 0 Å². The highest BCUT2D eigenvalue weighted by atomic mass is 16.5. The zero-order chi connectivity index (χ0) is 15.1. The molecule has 1 heterocycles. The summed E-state index contributed by atoms with van der Waals surface area (Å²) in [6, 6.07) is 2.56. The van der Waals surface area contributed by atoms with Crippen molar-refractivity contribution in [3.05, 3.63) is 18.0 Å². The largest absolute Gasteiger partial charge is 0.377 e. The lowest BCUT2D eigenvalue weighted by atomic mass is 9.77. The Morgan fingerprint density at radius 2 is 2.14 bits per heavy atom. The summed E-state index contributed by atoms with van der Waals surface area (Å²) in [4.78, 5) is 0. The standard InChI is InChI=1S/C17H31N3O/c1-4-13-18-16(9-8-15-10-14-19-20(15)2)17(21-3)11-6-5-7-12-17/h10,14,16,18H,4-9,11-13H2,1-3H3. The highest BCUT2D eigenvalue weighted by Gasteiger charge is 2.39. The molecule has 120 valence electrons. The van der Waals surface area contributed by atoms with Crippen molar-refractivity contribution in [3.63, 3.8) is 0 Å². The topological polar surface area (TPSA) is 39.1 Å². The molecule has 1 aromatic heterocycles. The second kappa shape index (κ2) is 7.95. The van der Waals surface area contributed by atoms with Crippen molar-refractivity contribution in [1.82, 2.24) is 15.1 Å². The lowest BCUT2D eigenvalue weighted by Gasteiger charge is -2.43. The molecular weight excluding hydrogens is 262 g/mol. The highest BCUT2D eigenvalue weighted by Crippen LogP contribution is 2.35. The second-order valence-electron chi connectivity index (χ2n) is 6.32. The zero-order valence-corrected chi connectivity index (χ0v) is 13.9. The third kappa shape index (κ3) is 4.07. The SMILES string of the molecule is CCCNC(CCc1ccnn1C)C1(OC)CCCCC1. The van der Waals surface area contributed by atoms with Crippen molar-refractivity contribution in [2.75, 3.05) is 13.7 Å². The van der Waals surface area contributed by atoms with Gasteiger partial charge >= 0.3 is 0 Å². The summed E-state index contributed by atoms with van der Waals surface area (Å²) in [5, 5.41) is 8.03. The van der Waals surface area contributed by atoms with E-state index >= 15 is 0 Å². The van der Waals surface area contributed by atoms with Crippen LogP contribution < -0.4 is 5.32 Å². The van der Waals surface area contributed by atoms with Gasteiger partial charge in [0.25, 0.3) is 0 Å². The molecule has 0 aliphatic heterocycles. The molecule has 1 aromatic rings. The van der Waals surface area contributed by atoms with Gasteiger partial charge in [-0.1, -0.05) is 26.2 Å². The quantitative estimate of drug-likeness (QED) is 0.800. The van der Waals surface area contributed by atoms with Crippen LogP contribution in [0.1, 0.15) is 57.6 Å². The summed E-state index contributed by atoms with van der Waals surface area (Å²) < 4.78 is 8.04. The van der Waals surface area contributed by atoms with Crippen LogP contribution >= 0.6 is 0 Å². The number of hydrogen-bond acceptors (Lipinski definition) is 3. The molecule has 1 saturated carbocycles. The van der Waals surface area contributed by atoms with Crippen molar-refractivity contribution in [1.29, 1.82) is 0 Å². The Morgan fingerprint density at radius 1 is 1.38 bits per heavy atom. The monoisotopic (exact) mass is 293 g/mol. The van der Waals surface area contributed by atoms with Crippen molar-refractivity contribution in [2.45, 2.75) is 69.9 Å². The average Bonchev–Trinajstić information content (AvgIpc) is 2.93. The highest BCUT2D eigenvalue weighted by molar-refractivity contribution is 5.03. The minimum absolute atomic E-state index is 0.0337. The Balaban J connectivity index is 2.03. The third-order valence-corrected chi connectivity index (χ3v) is 4.99. The Labute approximate surface area is 129 Å². The summed E-state index contributed by atoms with van der Waals surface area (Å²) in [7, 11) is 3.92. The maximum Gasteiger partial charge on any atom is 0.0831 e. The molecular formula is C17H31N3O. The third-order valence-electron chi connectivity index (χ3n) is 4.99. The molecule has 0 radical (unpaired) electrons. The first-order valence-electron chi connectivity index (χ1n) is 8.47. The van der Waals surface area contributed by atoms with Crippen LogP contribution in [0.5, 0.6) is 0 Å². The van der Waals surface area contributed by atoms with E-state index in [0.29, 0.717) is 6.04 Å². The van der Waals surface area contributed by atoms with Crippen LogP contribution in [0.2, 0.25) is 0 Å². The van der Waals surface area contributed by atoms with E-state index in [-0.39, 0.29) is 5.60 Å². The maximum absolute atomic E-state index is 6.05. The summed E-state index contributed by atoms with van der Waals surface area (Å²) in [5.74, 6) is 0. The normalized spacial score (nSPS) is 19.6. The Kier molecular flexibility index (Phi) is 6.24. The van der Waals surface area contributed by atoms with Gasteiger partial charge in [-0.2, -0.15) is 5.10 Å². The predicted octanol–water partition coefficient (Wildman–Crippen LogP) is 3.07. The van der Waals surface area contributed by atoms with E-state index in [0.717, 1.165) is 19.4 Å². The Hall–Kier alpha value is -0.870. The van der Waals surface area contributed by atoms with Gasteiger partial charge in [0.2, 0.25) is 0 Å². The zero-order valence-electron chi connectivity index (χ0n) is 13.9. The van der Waals surface area contributed by atoms with Crippen LogP contribution in [0.3, 0.4) is 0 Å². The van der Waals surface area contributed by atoms with E-state index in [1.54, 1.807) is 0 Å². The van der Waals surface area contributed by atoms with E-state index in [9.17, 15) is 0 Å². The first-order valence-corrected chi connectivity index (χ1v) is 8.47. The molecule has 4 nitrogen and oxygen atoms in total. The molecule has 1 aliphatic carbocycles. The lowest BCUT2D eigenvalue weighted by Crippen LogP contribution is -2.53. The smallest absolute Gasteiger partial charge is 0.0831 e. The predicted molar refractivity (Wildman–Crippen MR) is 86.4 cm³/mol. The van der Waals surface area contributed by atoms with Gasteiger partial charge in [0.15, 0.2) is 0 Å². The first-order chi connectivity index (χ1) is 10.2. The molecule has 1 fully saturated rings. The molecule has 1 N–H and O–H groups in total. The van der Waals surface area contributed by atoms with Gasteiger partial charge in [-0.3, -0.25) is 4.68 Å². The van der Waals surface area contributed by atoms with Crippen molar-refractivity contribution in [3.8, 4) is 0 Å². The van der Waals surface area contributed by atoms with Gasteiger partial charge in [0, 0.05) is 32.1 Å². The molecule has 2 rings (SSSR count). The van der Waals surface area contributed by atoms with Gasteiger partial charge in [-0.05, 0) is 44.7 Å². The molecule has 0 spiro atoms. The Bertz CT molecular complexity index is 410. The van der Waals surface area contributed by atoms with Gasteiger partial charge in [-0.25, -0.2) is 0 Å². The fourth-order valence-electron chi connectivity index (χ4n) is 3.65. The van der Waals surface area contributed by atoms with Gasteiger partial charge in [0.1, 0.15) is 0 Å². The number of aryl methyl sites for hydroxylation is 2. The van der Waals surface area contributed by atoms with Crippen LogP contribution in [0.4, 0.5) is 0 Å². The molecule has 4 heteroatoms. The summed E-state index contributed by atoms with van der Waals surface area (Å²) in [6.45, 7) is 3.30. The molecule has 0 saturated heterocycles. The lowest BCUT2D eigenvalue weighted by molar-refractivity contribution is -0.0692. The summed E-state index contributed by atoms with van der Waals surface area (Å²) in [5.41, 5.74) is 1.34. The second-order valence-corrected chi connectivity index (χ2v) is 6.32. The molecule has 21 heavy (non-hydrogen) atoms. The Morgan fingerprint density at radius 3 is 2.71 bits per heavy atom. The molecule has 1 unspecified atom stereocenters. The van der Waals surface area contributed by atoms with Gasteiger partial charge in [-0.15, -0.1) is 0 Å². The number of rotatable bonds is 8. The number of hydrogen-bond donors (Lipinski definition) is 1. The van der Waals surface area contributed by atoms with E-state index in [1.165, 1.54) is 44.2 Å². The molecule has 1 aliphatic rings. The minimum Gasteiger partial charge on any atom is -0.377 e.